The van der Waals surface area contributed by atoms with Crippen molar-refractivity contribution < 1.29 is 32.8 Å². The van der Waals surface area contributed by atoms with E-state index in [4.69, 9.17) is 0 Å². The van der Waals surface area contributed by atoms with Gasteiger partial charge in [0.2, 0.25) is 0 Å². The van der Waals surface area contributed by atoms with Gasteiger partial charge in [0.25, 0.3) is 0 Å². The Morgan fingerprint density at radius 3 is 1.50 bits per heavy atom. The van der Waals surface area contributed by atoms with Crippen molar-refractivity contribution in [1.82, 2.24) is 0 Å². The molecule has 0 unspecified atom stereocenters. The van der Waals surface area contributed by atoms with E-state index in [1.54, 1.807) is 0 Å². The zero-order valence-electron chi connectivity index (χ0n) is 1.42. The van der Waals surface area contributed by atoms with Crippen molar-refractivity contribution in [3.8, 4) is 0 Å². The van der Waals surface area contributed by atoms with Crippen molar-refractivity contribution in [2.75, 3.05) is 0 Å². The summed E-state index contributed by atoms with van der Waals surface area (Å²) in [4.78, 5) is 0. The third kappa shape index (κ3) is 9.00. The Bertz CT molecular complexity index is 10.0. The van der Waals surface area contributed by atoms with Gasteiger partial charge in [0.05, 0.1) is 0 Å². The maximum atomic E-state index is 4.06. The predicted octanol–water partition coefficient (Wildman–Crippen LogP) is 0.262. The van der Waals surface area contributed by atoms with E-state index < -0.39 is 0 Å². The second-order valence-corrected chi connectivity index (χ2v) is 0. The van der Waals surface area contributed by atoms with Crippen molar-refractivity contribution in [2.24, 2.45) is 0 Å². The topological polar surface area (TPSA) is 0 Å². The van der Waals surface area contributed by atoms with Crippen LogP contribution in [0.2, 0.25) is 0 Å². The summed E-state index contributed by atoms with van der Waals surface area (Å²) in [5.74, 6) is 0. The van der Waals surface area contributed by atoms with Gasteiger partial charge in [-0.25, -0.2) is 0 Å². The molecule has 0 fully saturated rings. The SMILES string of the molecule is [Cu]=[Se].[S]=[Au]. The van der Waals surface area contributed by atoms with Crippen LogP contribution < -0.4 is 0 Å². The molecule has 0 aromatic heterocycles. The molecule has 0 saturated heterocycles. The number of hydrogen-bond acceptors (Lipinski definition) is 1. The van der Waals surface area contributed by atoms with E-state index in [1.807, 2.05) is 19.2 Å². The molecule has 0 bridgehead atoms. The Labute approximate surface area is 55.4 Å². The first-order valence-corrected chi connectivity index (χ1v) is 5.66. The van der Waals surface area contributed by atoms with Gasteiger partial charge in [0, 0.05) is 0 Å². The fourth-order valence-corrected chi connectivity index (χ4v) is 0. The molecule has 0 atom stereocenters. The summed E-state index contributed by atoms with van der Waals surface area (Å²) in [7, 11) is 4.03. The van der Waals surface area contributed by atoms with E-state index in [1.165, 1.54) is 0 Å². The van der Waals surface area contributed by atoms with Gasteiger partial charge in [0.15, 0.2) is 0 Å². The van der Waals surface area contributed by atoms with Gasteiger partial charge >= 0.3 is 56.1 Å². The molecule has 0 aliphatic rings. The van der Waals surface area contributed by atoms with Gasteiger partial charge in [-0.2, -0.15) is 0 Å². The number of hydrogen-bond donors (Lipinski definition) is 0. The van der Waals surface area contributed by atoms with Crippen molar-refractivity contribution in [3.63, 3.8) is 0 Å². The monoisotopic (exact) mass is 372 g/mol. The van der Waals surface area contributed by atoms with Crippen LogP contribution in [0.25, 0.3) is 0 Å². The minimum atomic E-state index is 1.86. The van der Waals surface area contributed by atoms with Gasteiger partial charge in [0.1, 0.15) is 0 Å². The summed E-state index contributed by atoms with van der Waals surface area (Å²) >= 11 is 8.11. The first-order chi connectivity index (χ1) is 2.00. The first kappa shape index (κ1) is 9.37. The summed E-state index contributed by atoms with van der Waals surface area (Å²) < 4.78 is 0. The molecule has 4 heavy (non-hydrogen) atoms. The average Bonchev–Trinajstić information content (AvgIpc) is 1.50. The normalized spacial score (nSPS) is 3.00. The van der Waals surface area contributed by atoms with Gasteiger partial charge in [-0.05, 0) is 0 Å². The second kappa shape index (κ2) is 20.0. The zero-order chi connectivity index (χ0) is 4.00. The van der Waals surface area contributed by atoms with E-state index >= 15 is 0 Å². The molecule has 0 aliphatic carbocycles. The first-order valence-electron chi connectivity index (χ1n) is 0.246. The summed E-state index contributed by atoms with van der Waals surface area (Å²) in [5.41, 5.74) is 0. The third-order valence-electron chi connectivity index (χ3n) is 0. The minimum absolute atomic E-state index is 1.86. The van der Waals surface area contributed by atoms with Crippen LogP contribution in [0, 0.1) is 0 Å². The van der Waals surface area contributed by atoms with Gasteiger partial charge in [-0.3, -0.25) is 0 Å². The molecule has 0 heterocycles. The van der Waals surface area contributed by atoms with Crippen LogP contribution in [0.4, 0.5) is 0 Å². The van der Waals surface area contributed by atoms with Crippen LogP contribution in [0.1, 0.15) is 0 Å². The van der Waals surface area contributed by atoms with Crippen molar-refractivity contribution in [1.29, 1.82) is 0 Å². The molecule has 0 aliphatic heterocycles. The van der Waals surface area contributed by atoms with E-state index in [-0.39, 0.29) is 0 Å². The molecule has 0 spiro atoms. The standard InChI is InChI=1S/Au.Cu.S.Se. The van der Waals surface area contributed by atoms with Gasteiger partial charge < -0.3 is 0 Å². The summed E-state index contributed by atoms with van der Waals surface area (Å²) in [6.45, 7) is 0. The van der Waals surface area contributed by atoms with E-state index in [0.717, 1.165) is 0 Å². The van der Waals surface area contributed by atoms with E-state index in [0.29, 0.717) is 0 Å². The van der Waals surface area contributed by atoms with Crippen LogP contribution in [-0.2, 0) is 32.8 Å². The number of rotatable bonds is 0. The maximum absolute atomic E-state index is 4.06. The van der Waals surface area contributed by atoms with Crippen molar-refractivity contribution in [2.45, 2.75) is 0 Å². The molecule has 0 aromatic rings. The molecular formula is AuCuSSe. The van der Waals surface area contributed by atoms with Crippen LogP contribution in [0.15, 0.2) is 0 Å². The van der Waals surface area contributed by atoms with Gasteiger partial charge in [-0.15, -0.1) is 0 Å². The molecule has 0 radical (unpaired) electrons. The Morgan fingerprint density at radius 2 is 1.50 bits per heavy atom. The average molecular weight is 372 g/mol. The Kier molecular flexibility index (Phi) is 46.9. The van der Waals surface area contributed by atoms with Crippen LogP contribution in [0.5, 0.6) is 0 Å². The third-order valence-corrected chi connectivity index (χ3v) is 0. The summed E-state index contributed by atoms with van der Waals surface area (Å²) in [6.07, 6.45) is 0. The summed E-state index contributed by atoms with van der Waals surface area (Å²) in [5, 5.41) is 0. The molecule has 0 nitrogen and oxygen atoms in total. The molecule has 0 aromatic carbocycles. The Morgan fingerprint density at radius 1 is 1.50 bits per heavy atom. The molecule has 34 valence electrons. The quantitative estimate of drug-likeness (QED) is 0.551. The van der Waals surface area contributed by atoms with Crippen molar-refractivity contribution >= 4 is 23.2 Å². The second-order valence-electron chi connectivity index (χ2n) is 0. The van der Waals surface area contributed by atoms with E-state index in [2.05, 4.69) is 36.9 Å². The fourth-order valence-electron chi connectivity index (χ4n) is 0. The molecule has 0 rings (SSSR count). The predicted molar refractivity (Wildman–Crippen MR) is 13.3 cm³/mol. The molecule has 0 amide bonds. The van der Waals surface area contributed by atoms with Crippen LogP contribution >= 0.6 is 9.58 Å². The van der Waals surface area contributed by atoms with Gasteiger partial charge in [-0.1, -0.05) is 0 Å². The molecule has 4 heteroatoms. The van der Waals surface area contributed by atoms with Crippen LogP contribution in [-0.4, -0.2) is 13.7 Å². The molecular weight excluding hydrogens is 372 g/mol. The Balaban J connectivity index is 0. The Hall–Kier alpha value is 2.00. The summed E-state index contributed by atoms with van der Waals surface area (Å²) in [6, 6.07) is 0. The van der Waals surface area contributed by atoms with Crippen LogP contribution in [0.3, 0.4) is 0 Å². The van der Waals surface area contributed by atoms with Crippen molar-refractivity contribution in [3.05, 3.63) is 0 Å². The van der Waals surface area contributed by atoms with E-state index in [9.17, 15) is 0 Å². The fraction of sp³-hybridized carbons (Fsp3) is 0. The molecule has 0 saturated carbocycles. The zero-order valence-corrected chi connectivity index (χ0v) is 7.06. The molecule has 0 N–H and O–H groups in total.